The van der Waals surface area contributed by atoms with E-state index in [0.29, 0.717) is 18.0 Å². The summed E-state index contributed by atoms with van der Waals surface area (Å²) in [6, 6.07) is 6.96. The van der Waals surface area contributed by atoms with Crippen molar-refractivity contribution in [3.8, 4) is 0 Å². The van der Waals surface area contributed by atoms with Gasteiger partial charge in [0.1, 0.15) is 0 Å². The number of benzene rings is 1. The van der Waals surface area contributed by atoms with E-state index in [1.54, 1.807) is 12.1 Å². The summed E-state index contributed by atoms with van der Waals surface area (Å²) in [5, 5.41) is 0. The van der Waals surface area contributed by atoms with E-state index in [-0.39, 0.29) is 30.3 Å². The number of Topliss-reactive ketones (excluding diaryl/α,β-unsaturated/α-hetero) is 1. The molecule has 2 saturated heterocycles. The Kier molecular flexibility index (Phi) is 4.16. The van der Waals surface area contributed by atoms with E-state index in [0.717, 1.165) is 41.5 Å². The molecule has 0 radical (unpaired) electrons. The first-order valence-electron chi connectivity index (χ1n) is 10.0. The van der Waals surface area contributed by atoms with E-state index >= 15 is 0 Å². The molecular weight excluding hydrogens is 374 g/mol. The number of ketones is 1. The van der Waals surface area contributed by atoms with Gasteiger partial charge in [0, 0.05) is 24.9 Å². The molecule has 5 nitrogen and oxygen atoms in total. The molecule has 1 aromatic rings. The number of hydrogen-bond acceptors (Lipinski definition) is 4. The molecule has 4 aliphatic rings. The molecule has 28 heavy (non-hydrogen) atoms. The van der Waals surface area contributed by atoms with Gasteiger partial charge >= 0.3 is 0 Å². The Morgan fingerprint density at radius 3 is 2.50 bits per heavy atom. The molecule has 148 valence electrons. The van der Waals surface area contributed by atoms with Crippen molar-refractivity contribution >= 4 is 15.8 Å². The zero-order chi connectivity index (χ0) is 19.6. The highest BCUT2D eigenvalue weighted by Crippen LogP contribution is 2.49. The summed E-state index contributed by atoms with van der Waals surface area (Å²) < 4.78 is 34.0. The first-order valence-corrected chi connectivity index (χ1v) is 11.5. The molecule has 0 aromatic heterocycles. The van der Waals surface area contributed by atoms with Gasteiger partial charge in [-0.05, 0) is 61.1 Å². The monoisotopic (exact) mass is 399 g/mol. The van der Waals surface area contributed by atoms with E-state index < -0.39 is 10.0 Å². The molecule has 0 unspecified atom stereocenters. The van der Waals surface area contributed by atoms with Crippen molar-refractivity contribution in [3.63, 3.8) is 0 Å². The van der Waals surface area contributed by atoms with Crippen LogP contribution in [0.4, 0.5) is 0 Å². The van der Waals surface area contributed by atoms with Crippen LogP contribution >= 0.6 is 0 Å². The summed E-state index contributed by atoms with van der Waals surface area (Å²) in [5.74, 6) is 0.326. The largest absolute Gasteiger partial charge is 0.373 e. The van der Waals surface area contributed by atoms with Gasteiger partial charge in [0.15, 0.2) is 5.78 Å². The zero-order valence-corrected chi connectivity index (χ0v) is 17.1. The fourth-order valence-corrected chi connectivity index (χ4v) is 6.76. The molecule has 2 heterocycles. The number of hydrogen-bond donors (Lipinski definition) is 0. The minimum Gasteiger partial charge on any atom is -0.373 e. The standard InChI is InChI=1S/C22H25NO4S/c1-13-6-8-15(9-7-13)28(25,26)23-10-17-14(2)22(24)16-4-3-5-20-21(16)19(12-27-20)18(17)11-23/h6-9,16,20-21H,3-5,10-12H2,1-2H3/t16-,20+,21+/m1/s1. The summed E-state index contributed by atoms with van der Waals surface area (Å²) in [5.41, 5.74) is 4.91. The molecule has 1 aromatic carbocycles. The Morgan fingerprint density at radius 1 is 1.04 bits per heavy atom. The average molecular weight is 400 g/mol. The summed E-state index contributed by atoms with van der Waals surface area (Å²) >= 11 is 0. The van der Waals surface area contributed by atoms with Crippen LogP contribution in [0.25, 0.3) is 0 Å². The Morgan fingerprint density at radius 2 is 1.75 bits per heavy atom. The molecule has 0 bridgehead atoms. The lowest BCUT2D eigenvalue weighted by atomic mass is 9.72. The van der Waals surface area contributed by atoms with Crippen LogP contribution in [-0.4, -0.2) is 44.3 Å². The van der Waals surface area contributed by atoms with Gasteiger partial charge < -0.3 is 4.74 Å². The van der Waals surface area contributed by atoms with Gasteiger partial charge in [-0.1, -0.05) is 24.1 Å². The second kappa shape index (κ2) is 6.37. The minimum absolute atomic E-state index is 0.00371. The topological polar surface area (TPSA) is 63.7 Å². The fraction of sp³-hybridized carbons (Fsp3) is 0.500. The third-order valence-electron chi connectivity index (χ3n) is 6.93. The van der Waals surface area contributed by atoms with Crippen LogP contribution in [0.5, 0.6) is 0 Å². The normalized spacial score (nSPS) is 30.5. The number of fused-ring (bicyclic) bond motifs is 1. The molecule has 6 heteroatoms. The SMILES string of the molecule is CC1=C2CN(S(=O)(=O)c3ccc(C)cc3)CC2=C2CO[C@H]3CCC[C@@H](C1=O)[C@@H]23. The lowest BCUT2D eigenvalue weighted by Gasteiger charge is -2.32. The van der Waals surface area contributed by atoms with Crippen molar-refractivity contribution in [1.82, 2.24) is 4.31 Å². The van der Waals surface area contributed by atoms with Crippen molar-refractivity contribution in [1.29, 1.82) is 0 Å². The van der Waals surface area contributed by atoms with Crippen molar-refractivity contribution in [2.75, 3.05) is 19.7 Å². The number of nitrogens with zero attached hydrogens (tertiary/aromatic N) is 1. The minimum atomic E-state index is -3.60. The molecule has 0 amide bonds. The third-order valence-corrected chi connectivity index (χ3v) is 8.74. The Bertz CT molecular complexity index is 1020. The second-order valence-electron chi connectivity index (χ2n) is 8.47. The molecule has 0 N–H and O–H groups in total. The molecule has 3 atom stereocenters. The fourth-order valence-electron chi connectivity index (χ4n) is 5.38. The summed E-state index contributed by atoms with van der Waals surface area (Å²) in [4.78, 5) is 13.5. The van der Waals surface area contributed by atoms with Gasteiger partial charge in [-0.2, -0.15) is 4.31 Å². The molecule has 3 fully saturated rings. The predicted molar refractivity (Wildman–Crippen MR) is 105 cm³/mol. The maximum absolute atomic E-state index is 13.2. The van der Waals surface area contributed by atoms with E-state index in [2.05, 4.69) is 0 Å². The van der Waals surface area contributed by atoms with Crippen LogP contribution in [0, 0.1) is 18.8 Å². The van der Waals surface area contributed by atoms with Crippen LogP contribution in [-0.2, 0) is 19.6 Å². The highest BCUT2D eigenvalue weighted by atomic mass is 32.2. The van der Waals surface area contributed by atoms with Gasteiger partial charge in [-0.3, -0.25) is 4.79 Å². The van der Waals surface area contributed by atoms with Crippen molar-refractivity contribution in [3.05, 3.63) is 52.1 Å². The van der Waals surface area contributed by atoms with Crippen LogP contribution in [0.15, 0.2) is 51.5 Å². The lowest BCUT2D eigenvalue weighted by Crippen LogP contribution is -2.35. The maximum Gasteiger partial charge on any atom is 0.243 e. The number of ether oxygens (including phenoxy) is 1. The Balaban J connectivity index is 1.58. The predicted octanol–water partition coefficient (Wildman–Crippen LogP) is 3.01. The Labute approximate surface area is 166 Å². The third kappa shape index (κ3) is 2.58. The first kappa shape index (κ1) is 18.3. The number of carbonyl (C=O) groups is 1. The summed E-state index contributed by atoms with van der Waals surface area (Å²) in [6.45, 7) is 4.96. The van der Waals surface area contributed by atoms with Crippen LogP contribution in [0.2, 0.25) is 0 Å². The molecule has 5 rings (SSSR count). The van der Waals surface area contributed by atoms with Crippen LogP contribution < -0.4 is 0 Å². The maximum atomic E-state index is 13.2. The first-order chi connectivity index (χ1) is 13.4. The van der Waals surface area contributed by atoms with Gasteiger partial charge in [0.05, 0.1) is 17.6 Å². The highest BCUT2D eigenvalue weighted by molar-refractivity contribution is 7.89. The van der Waals surface area contributed by atoms with E-state index in [1.165, 1.54) is 9.88 Å². The van der Waals surface area contributed by atoms with Crippen molar-refractivity contribution in [2.24, 2.45) is 11.8 Å². The molecule has 1 saturated carbocycles. The molecular formula is C22H25NO4S. The number of sulfonamides is 1. The van der Waals surface area contributed by atoms with Gasteiger partial charge in [-0.25, -0.2) is 8.42 Å². The van der Waals surface area contributed by atoms with Crippen LogP contribution in [0.3, 0.4) is 0 Å². The van der Waals surface area contributed by atoms with Crippen LogP contribution in [0.1, 0.15) is 31.7 Å². The van der Waals surface area contributed by atoms with E-state index in [9.17, 15) is 13.2 Å². The quantitative estimate of drug-likeness (QED) is 0.767. The zero-order valence-electron chi connectivity index (χ0n) is 16.3. The highest BCUT2D eigenvalue weighted by Gasteiger charge is 2.49. The number of aryl methyl sites for hydroxylation is 1. The van der Waals surface area contributed by atoms with Crippen molar-refractivity contribution in [2.45, 2.75) is 44.1 Å². The lowest BCUT2D eigenvalue weighted by molar-refractivity contribution is -0.122. The van der Waals surface area contributed by atoms with Gasteiger partial charge in [0.25, 0.3) is 0 Å². The van der Waals surface area contributed by atoms with Gasteiger partial charge in [-0.15, -0.1) is 0 Å². The van der Waals surface area contributed by atoms with Crippen molar-refractivity contribution < 1.29 is 17.9 Å². The number of rotatable bonds is 2. The van der Waals surface area contributed by atoms with E-state index in [4.69, 9.17) is 4.74 Å². The number of carbonyl (C=O) groups excluding carboxylic acids is 1. The van der Waals surface area contributed by atoms with Gasteiger partial charge in [0.2, 0.25) is 10.0 Å². The van der Waals surface area contributed by atoms with E-state index in [1.807, 2.05) is 26.0 Å². The number of allylic oxidation sites excluding steroid dienone is 1. The smallest absolute Gasteiger partial charge is 0.243 e. The average Bonchev–Trinajstić information content (AvgIpc) is 3.29. The summed E-state index contributed by atoms with van der Waals surface area (Å²) in [6.07, 6.45) is 3.04. The second-order valence-corrected chi connectivity index (χ2v) is 10.4. The summed E-state index contributed by atoms with van der Waals surface area (Å²) in [7, 11) is -3.60. The molecule has 0 spiro atoms. The molecule has 2 aliphatic carbocycles. The molecule has 2 aliphatic heterocycles. The Hall–Kier alpha value is -1.76.